The highest BCUT2D eigenvalue weighted by Crippen LogP contribution is 2.27. The molecular formula is C24H22ClN3O3. The fourth-order valence-electron chi connectivity index (χ4n) is 3.44. The molecule has 0 radical (unpaired) electrons. The van der Waals surface area contributed by atoms with Gasteiger partial charge in [-0.2, -0.15) is 5.10 Å². The van der Waals surface area contributed by atoms with E-state index >= 15 is 0 Å². The highest BCUT2D eigenvalue weighted by Gasteiger charge is 2.19. The Morgan fingerprint density at radius 1 is 1.10 bits per heavy atom. The Kier molecular flexibility index (Phi) is 6.21. The molecule has 0 atom stereocenters. The lowest BCUT2D eigenvalue weighted by molar-refractivity contribution is 0.0596. The first-order chi connectivity index (χ1) is 15.0. The zero-order valence-corrected chi connectivity index (χ0v) is 18.0. The normalized spacial score (nSPS) is 11.1. The monoisotopic (exact) mass is 435 g/mol. The number of hydrogen-bond donors (Lipinski definition) is 0. The lowest BCUT2D eigenvalue weighted by atomic mass is 10.1. The van der Waals surface area contributed by atoms with Crippen molar-refractivity contribution in [1.82, 2.24) is 14.7 Å². The van der Waals surface area contributed by atoms with E-state index in [0.29, 0.717) is 29.4 Å². The van der Waals surface area contributed by atoms with Crippen molar-refractivity contribution in [1.29, 1.82) is 0 Å². The van der Waals surface area contributed by atoms with Crippen LogP contribution in [0.1, 0.15) is 21.7 Å². The standard InChI is InChI=1S/C24H22ClN3O3/c1-27(16-22-21(12-13-31-22)24(29)30-2)14-18-15-28(20-6-4-3-5-7-20)26-23(18)17-8-10-19(25)11-9-17/h3-13,15H,14,16H2,1-2H3. The highest BCUT2D eigenvalue weighted by atomic mass is 35.5. The van der Waals surface area contributed by atoms with Gasteiger partial charge in [-0.3, -0.25) is 4.90 Å². The van der Waals surface area contributed by atoms with Gasteiger partial charge in [0.25, 0.3) is 0 Å². The molecule has 158 valence electrons. The smallest absolute Gasteiger partial charge is 0.341 e. The third-order valence-electron chi connectivity index (χ3n) is 4.93. The van der Waals surface area contributed by atoms with Crippen LogP contribution in [0.2, 0.25) is 5.02 Å². The van der Waals surface area contributed by atoms with E-state index in [-0.39, 0.29) is 0 Å². The SMILES string of the molecule is COC(=O)c1ccoc1CN(C)Cc1cn(-c2ccccc2)nc1-c1ccc(Cl)cc1. The van der Waals surface area contributed by atoms with Crippen LogP contribution in [0.15, 0.2) is 77.5 Å². The molecule has 0 aliphatic carbocycles. The molecule has 0 aliphatic rings. The lowest BCUT2D eigenvalue weighted by Gasteiger charge is -2.15. The maximum Gasteiger partial charge on any atom is 0.341 e. The van der Waals surface area contributed by atoms with Gasteiger partial charge in [0.15, 0.2) is 0 Å². The van der Waals surface area contributed by atoms with Crippen LogP contribution in [0.25, 0.3) is 16.9 Å². The molecular weight excluding hydrogens is 414 g/mol. The maximum absolute atomic E-state index is 11.9. The van der Waals surface area contributed by atoms with Gasteiger partial charge in [0, 0.05) is 28.9 Å². The number of carbonyl (C=O) groups excluding carboxylic acids is 1. The van der Waals surface area contributed by atoms with E-state index in [1.165, 1.54) is 13.4 Å². The summed E-state index contributed by atoms with van der Waals surface area (Å²) >= 11 is 6.07. The van der Waals surface area contributed by atoms with Crippen molar-refractivity contribution in [2.75, 3.05) is 14.2 Å². The van der Waals surface area contributed by atoms with Crippen LogP contribution in [-0.2, 0) is 17.8 Å². The number of aromatic nitrogens is 2. The minimum absolute atomic E-state index is 0.407. The van der Waals surface area contributed by atoms with E-state index in [1.807, 2.05) is 72.5 Å². The third kappa shape index (κ3) is 4.71. The summed E-state index contributed by atoms with van der Waals surface area (Å²) < 4.78 is 12.2. The Hall–Kier alpha value is -3.35. The zero-order valence-electron chi connectivity index (χ0n) is 17.3. The Labute approximate surface area is 185 Å². The molecule has 0 aliphatic heterocycles. The average Bonchev–Trinajstić information content (AvgIpc) is 3.41. The zero-order chi connectivity index (χ0) is 21.8. The summed E-state index contributed by atoms with van der Waals surface area (Å²) in [7, 11) is 3.33. The number of nitrogens with zero attached hydrogens (tertiary/aromatic N) is 3. The van der Waals surface area contributed by atoms with Crippen molar-refractivity contribution in [2.24, 2.45) is 0 Å². The molecule has 0 unspecified atom stereocenters. The van der Waals surface area contributed by atoms with Gasteiger partial charge in [-0.25, -0.2) is 9.48 Å². The molecule has 4 aromatic rings. The highest BCUT2D eigenvalue weighted by molar-refractivity contribution is 6.30. The van der Waals surface area contributed by atoms with E-state index in [1.54, 1.807) is 6.07 Å². The number of benzene rings is 2. The average molecular weight is 436 g/mol. The summed E-state index contributed by atoms with van der Waals surface area (Å²) in [5.74, 6) is 0.161. The minimum Gasteiger partial charge on any atom is -0.467 e. The van der Waals surface area contributed by atoms with Crippen LogP contribution in [0.3, 0.4) is 0 Å². The molecule has 4 rings (SSSR count). The van der Waals surface area contributed by atoms with Crippen LogP contribution < -0.4 is 0 Å². The fraction of sp³-hybridized carbons (Fsp3) is 0.167. The predicted octanol–water partition coefficient (Wildman–Crippen LogP) is 5.20. The molecule has 0 saturated heterocycles. The van der Waals surface area contributed by atoms with Gasteiger partial charge in [-0.1, -0.05) is 41.9 Å². The first-order valence-electron chi connectivity index (χ1n) is 9.78. The first-order valence-corrected chi connectivity index (χ1v) is 10.2. The van der Waals surface area contributed by atoms with Gasteiger partial charge < -0.3 is 9.15 Å². The van der Waals surface area contributed by atoms with Gasteiger partial charge in [-0.15, -0.1) is 0 Å². The van der Waals surface area contributed by atoms with Crippen molar-refractivity contribution in [3.8, 4) is 16.9 Å². The van der Waals surface area contributed by atoms with E-state index in [2.05, 4.69) is 4.90 Å². The third-order valence-corrected chi connectivity index (χ3v) is 5.18. The predicted molar refractivity (Wildman–Crippen MR) is 119 cm³/mol. The van der Waals surface area contributed by atoms with Crippen LogP contribution >= 0.6 is 11.6 Å². The van der Waals surface area contributed by atoms with Gasteiger partial charge in [0.05, 0.1) is 31.3 Å². The number of halogens is 1. The molecule has 0 fully saturated rings. The summed E-state index contributed by atoms with van der Waals surface area (Å²) in [6.07, 6.45) is 3.53. The number of carbonyl (C=O) groups is 1. The Bertz CT molecular complexity index is 1170. The molecule has 0 bridgehead atoms. The number of hydrogen-bond acceptors (Lipinski definition) is 5. The number of rotatable bonds is 7. The van der Waals surface area contributed by atoms with Gasteiger partial charge >= 0.3 is 5.97 Å². The van der Waals surface area contributed by atoms with Crippen LogP contribution in [0.5, 0.6) is 0 Å². The second kappa shape index (κ2) is 9.20. The molecule has 6 nitrogen and oxygen atoms in total. The summed E-state index contributed by atoms with van der Waals surface area (Å²) in [5, 5.41) is 5.52. The van der Waals surface area contributed by atoms with Gasteiger partial charge in [0.1, 0.15) is 11.3 Å². The Balaban J connectivity index is 1.63. The van der Waals surface area contributed by atoms with E-state index in [4.69, 9.17) is 25.9 Å². The number of furan rings is 1. The first kappa shape index (κ1) is 20.9. The second-order valence-corrected chi connectivity index (χ2v) is 7.65. The fourth-order valence-corrected chi connectivity index (χ4v) is 3.56. The second-order valence-electron chi connectivity index (χ2n) is 7.21. The van der Waals surface area contributed by atoms with Crippen LogP contribution in [0.4, 0.5) is 0 Å². The summed E-state index contributed by atoms with van der Waals surface area (Å²) in [4.78, 5) is 14.0. The number of para-hydroxylation sites is 1. The Morgan fingerprint density at radius 3 is 2.55 bits per heavy atom. The van der Waals surface area contributed by atoms with Crippen LogP contribution in [-0.4, -0.2) is 34.8 Å². The number of ether oxygens (including phenoxy) is 1. The quantitative estimate of drug-likeness (QED) is 0.373. The van der Waals surface area contributed by atoms with Gasteiger partial charge in [-0.05, 0) is 37.4 Å². The topological polar surface area (TPSA) is 60.5 Å². The molecule has 0 N–H and O–H groups in total. The van der Waals surface area contributed by atoms with E-state index in [9.17, 15) is 4.79 Å². The number of methoxy groups -OCH3 is 1. The van der Waals surface area contributed by atoms with Crippen molar-refractivity contribution >= 4 is 17.6 Å². The number of esters is 1. The van der Waals surface area contributed by atoms with Gasteiger partial charge in [0.2, 0.25) is 0 Å². The molecule has 0 spiro atoms. The van der Waals surface area contributed by atoms with Crippen molar-refractivity contribution in [3.05, 3.63) is 95.0 Å². The molecule has 31 heavy (non-hydrogen) atoms. The van der Waals surface area contributed by atoms with E-state index in [0.717, 1.165) is 22.5 Å². The molecule has 2 heterocycles. The molecule has 2 aromatic heterocycles. The molecule has 0 saturated carbocycles. The van der Waals surface area contributed by atoms with E-state index < -0.39 is 5.97 Å². The molecule has 2 aromatic carbocycles. The minimum atomic E-state index is -0.407. The Morgan fingerprint density at radius 2 is 1.84 bits per heavy atom. The summed E-state index contributed by atoms with van der Waals surface area (Å²) in [6.45, 7) is 1.06. The summed E-state index contributed by atoms with van der Waals surface area (Å²) in [6, 6.07) is 19.2. The molecule has 7 heteroatoms. The lowest BCUT2D eigenvalue weighted by Crippen LogP contribution is -2.18. The largest absolute Gasteiger partial charge is 0.467 e. The molecule has 0 amide bonds. The summed E-state index contributed by atoms with van der Waals surface area (Å²) in [5.41, 5.74) is 4.31. The van der Waals surface area contributed by atoms with Crippen molar-refractivity contribution in [3.63, 3.8) is 0 Å². The van der Waals surface area contributed by atoms with Crippen LogP contribution in [0, 0.1) is 0 Å². The van der Waals surface area contributed by atoms with Crippen molar-refractivity contribution < 1.29 is 13.9 Å². The maximum atomic E-state index is 11.9. The van der Waals surface area contributed by atoms with Crippen molar-refractivity contribution in [2.45, 2.75) is 13.1 Å².